The van der Waals surface area contributed by atoms with E-state index in [2.05, 4.69) is 61.0 Å². The molecule has 2 aromatic heterocycles. The lowest BCUT2D eigenvalue weighted by molar-refractivity contribution is 0.0600. The number of fused-ring (bicyclic) bond motifs is 2. The van der Waals surface area contributed by atoms with Crippen molar-refractivity contribution in [1.82, 2.24) is 14.3 Å². The third kappa shape index (κ3) is 7.37. The van der Waals surface area contributed by atoms with Gasteiger partial charge in [0.25, 0.3) is 0 Å². The second-order valence-electron chi connectivity index (χ2n) is 12.7. The fraction of sp³-hybridized carbons (Fsp3) is 0.600. The molecule has 0 aliphatic heterocycles. The van der Waals surface area contributed by atoms with Gasteiger partial charge in [0.15, 0.2) is 0 Å². The van der Waals surface area contributed by atoms with Crippen molar-refractivity contribution in [2.24, 2.45) is 5.41 Å². The Balaban J connectivity index is 1.75. The van der Waals surface area contributed by atoms with Gasteiger partial charge in [-0.3, -0.25) is 0 Å². The van der Waals surface area contributed by atoms with Gasteiger partial charge in [-0.15, -0.1) is 0 Å². The molecule has 1 radical (unpaired) electrons. The number of carbonyl (C=O) groups is 1. The molecule has 0 atom stereocenters. The van der Waals surface area contributed by atoms with Crippen LogP contribution < -0.4 is 0 Å². The largest absolute Gasteiger partial charge is 0.465 e. The van der Waals surface area contributed by atoms with Gasteiger partial charge in [-0.05, 0) is 67.7 Å². The highest BCUT2D eigenvalue weighted by Crippen LogP contribution is 2.40. The van der Waals surface area contributed by atoms with Gasteiger partial charge in [0.2, 0.25) is 0 Å². The number of nitrogens with zero attached hydrogens (tertiary/aromatic N) is 3. The molecular weight excluding hydrogens is 527 g/mol. The van der Waals surface area contributed by atoms with Gasteiger partial charge in [0, 0.05) is 37.8 Å². The van der Waals surface area contributed by atoms with Gasteiger partial charge in [-0.2, -0.15) is 5.10 Å². The van der Waals surface area contributed by atoms with Crippen molar-refractivity contribution in [2.75, 3.05) is 44.8 Å². The van der Waals surface area contributed by atoms with Crippen molar-refractivity contribution < 1.29 is 19.0 Å². The van der Waals surface area contributed by atoms with Crippen molar-refractivity contribution in [3.63, 3.8) is 0 Å². The van der Waals surface area contributed by atoms with Crippen LogP contribution in [0.3, 0.4) is 0 Å². The topological polar surface area (TPSA) is 67.5 Å². The Bertz CT molecular complexity index is 1310. The molecule has 0 bridgehead atoms. The Labute approximate surface area is 237 Å². The minimum atomic E-state index is -0.604. The third-order valence-corrected chi connectivity index (χ3v) is 10.0. The van der Waals surface area contributed by atoms with Gasteiger partial charge in [0.1, 0.15) is 19.2 Å². The predicted molar refractivity (Wildman–Crippen MR) is 165 cm³/mol. The molecule has 0 amide bonds. The summed E-state index contributed by atoms with van der Waals surface area (Å²) in [5.41, 5.74) is 6.33. The summed E-state index contributed by atoms with van der Waals surface area (Å²) in [5.74, 6) is 0.746. The first kappa shape index (κ1) is 29.9. The Hall–Kier alpha value is -2.07. The molecule has 1 aromatic carbocycles. The maximum absolute atomic E-state index is 12.3. The number of aromatic nitrogens is 3. The van der Waals surface area contributed by atoms with Crippen molar-refractivity contribution in [3.05, 3.63) is 41.1 Å². The summed E-state index contributed by atoms with van der Waals surface area (Å²) >= 11 is 0. The summed E-state index contributed by atoms with van der Waals surface area (Å²) in [6, 6.07) is 9.01. The van der Waals surface area contributed by atoms with E-state index in [0.717, 1.165) is 66.6 Å². The summed E-state index contributed by atoms with van der Waals surface area (Å²) in [4.78, 5) is 12.3. The van der Waals surface area contributed by atoms with E-state index in [1.807, 2.05) is 18.2 Å². The number of hydrogen-bond donors (Lipinski definition) is 0. The van der Waals surface area contributed by atoms with E-state index >= 15 is 0 Å². The number of esters is 1. The number of ether oxygens (including phenoxy) is 3. The van der Waals surface area contributed by atoms with E-state index in [4.69, 9.17) is 19.3 Å². The van der Waals surface area contributed by atoms with Crippen molar-refractivity contribution >= 4 is 35.7 Å². The van der Waals surface area contributed by atoms with Crippen LogP contribution in [0.4, 0.5) is 0 Å². The van der Waals surface area contributed by atoms with E-state index in [1.54, 1.807) is 0 Å². The van der Waals surface area contributed by atoms with Crippen LogP contribution in [0, 0.1) is 5.41 Å². The number of rotatable bonds is 12. The maximum atomic E-state index is 12.3. The van der Waals surface area contributed by atoms with E-state index in [9.17, 15) is 4.79 Å². The van der Waals surface area contributed by atoms with Gasteiger partial charge in [-0.1, -0.05) is 33.0 Å². The summed E-state index contributed by atoms with van der Waals surface area (Å²) in [5, 5.41) is 6.24. The molecule has 1 aliphatic carbocycles. The van der Waals surface area contributed by atoms with Gasteiger partial charge < -0.3 is 18.8 Å². The molecule has 0 spiro atoms. The molecule has 0 N–H and O–H groups in total. The minimum absolute atomic E-state index is 0.225. The van der Waals surface area contributed by atoms with E-state index in [1.165, 1.54) is 18.4 Å². The molecule has 0 fully saturated rings. The van der Waals surface area contributed by atoms with E-state index in [0.29, 0.717) is 19.0 Å². The molecule has 0 saturated heterocycles. The first-order valence-corrected chi connectivity index (χ1v) is 19.5. The molecule has 3 aromatic rings. The van der Waals surface area contributed by atoms with Crippen LogP contribution in [0.1, 0.15) is 41.9 Å². The normalized spacial score (nSPS) is 15.6. The lowest BCUT2D eigenvalue weighted by Crippen LogP contribution is -2.24. The number of hydrogen-bond acceptors (Lipinski definition) is 5. The Morgan fingerprint density at radius 1 is 1.10 bits per heavy atom. The van der Waals surface area contributed by atoms with Gasteiger partial charge >= 0.3 is 5.97 Å². The molecule has 7 nitrogen and oxygen atoms in total. The Morgan fingerprint density at radius 3 is 2.54 bits per heavy atom. The highest BCUT2D eigenvalue weighted by Gasteiger charge is 2.32. The fourth-order valence-corrected chi connectivity index (χ4v) is 6.21. The minimum Gasteiger partial charge on any atom is -0.465 e. The molecule has 9 heteroatoms. The zero-order valence-corrected chi connectivity index (χ0v) is 26.9. The molecular formula is C30H46N3O4SSi. The summed E-state index contributed by atoms with van der Waals surface area (Å²) < 4.78 is 21.6. The van der Waals surface area contributed by atoms with Crippen molar-refractivity contribution in [2.45, 2.75) is 65.7 Å². The van der Waals surface area contributed by atoms with Crippen LogP contribution in [0.2, 0.25) is 19.1 Å². The quantitative estimate of drug-likeness (QED) is 0.147. The summed E-state index contributed by atoms with van der Waals surface area (Å²) in [6.07, 6.45) is 10.0. The lowest BCUT2D eigenvalue weighted by atomic mass is 9.76. The highest BCUT2D eigenvalue weighted by molar-refractivity contribution is 8.32. The van der Waals surface area contributed by atoms with Crippen LogP contribution in [0.25, 0.3) is 22.3 Å². The Morgan fingerprint density at radius 2 is 1.85 bits per heavy atom. The molecule has 39 heavy (non-hydrogen) atoms. The number of benzene rings is 1. The molecule has 0 unspecified atom stereocenters. The Kier molecular flexibility index (Phi) is 9.36. The summed E-state index contributed by atoms with van der Waals surface area (Å²) in [7, 11) is 0.450. The maximum Gasteiger partial charge on any atom is 0.337 e. The van der Waals surface area contributed by atoms with Crippen LogP contribution in [-0.2, 0) is 40.5 Å². The average Bonchev–Trinajstić information content (AvgIpc) is 3.39. The van der Waals surface area contributed by atoms with Crippen LogP contribution >= 0.6 is 10.0 Å². The van der Waals surface area contributed by atoms with Crippen LogP contribution in [-0.4, -0.2) is 74.0 Å². The van der Waals surface area contributed by atoms with Crippen LogP contribution in [0.5, 0.6) is 0 Å². The lowest BCUT2D eigenvalue weighted by Gasteiger charge is -2.30. The van der Waals surface area contributed by atoms with Gasteiger partial charge in [0.05, 0.1) is 30.5 Å². The standard InChI is InChI=1S/C30H46N3O4SSi/c1-30(2)12-11-24-27(19-30)33(21-36-13-15-38(4,5)6)31-28(24)26-17-22-9-10-23(29(34)35-3)18-25(22)32(26)20-37-14-16-39(7)8/h9-10,17-18H,11-16,19-21H2,1-8H3. The monoisotopic (exact) mass is 572 g/mol. The number of methoxy groups -OCH3 is 1. The van der Waals surface area contributed by atoms with E-state index in [-0.39, 0.29) is 20.2 Å². The van der Waals surface area contributed by atoms with Gasteiger partial charge in [-0.25, -0.2) is 19.5 Å². The average molecular weight is 573 g/mol. The molecule has 4 rings (SSSR count). The zero-order chi connectivity index (χ0) is 28.4. The summed E-state index contributed by atoms with van der Waals surface area (Å²) in [6.45, 7) is 11.6. The first-order valence-electron chi connectivity index (χ1n) is 13.8. The van der Waals surface area contributed by atoms with Crippen molar-refractivity contribution in [1.29, 1.82) is 0 Å². The second-order valence-corrected chi connectivity index (χ2v) is 20.2. The molecule has 215 valence electrons. The smallest absolute Gasteiger partial charge is 0.337 e. The predicted octanol–water partition coefficient (Wildman–Crippen LogP) is 6.20. The third-order valence-electron chi connectivity index (χ3n) is 7.45. The molecule has 1 aliphatic rings. The molecule has 0 saturated carbocycles. The molecule has 2 heterocycles. The van der Waals surface area contributed by atoms with E-state index < -0.39 is 10.0 Å². The second kappa shape index (κ2) is 12.2. The van der Waals surface area contributed by atoms with Crippen LogP contribution in [0.15, 0.2) is 24.3 Å². The fourth-order valence-electron chi connectivity index (χ4n) is 5.04. The SMILES string of the molecule is COC(=O)c1ccc2cc(-c3nn(COCCS(C)(C)C)c4c3CCC(C)(C)C4)n(COCC[Si](C)C)c2c1. The number of carbonyl (C=O) groups excluding carboxylic acids is 1. The van der Waals surface area contributed by atoms with Crippen molar-refractivity contribution in [3.8, 4) is 11.4 Å². The first-order chi connectivity index (χ1) is 18.4. The zero-order valence-electron chi connectivity index (χ0n) is 25.1. The highest BCUT2D eigenvalue weighted by atomic mass is 32.3.